The van der Waals surface area contributed by atoms with Gasteiger partial charge in [-0.1, -0.05) is 5.16 Å². The normalized spacial score (nSPS) is 19.8. The first kappa shape index (κ1) is 23.8. The second-order valence-corrected chi connectivity index (χ2v) is 10.2. The molecule has 3 N–H and O–H groups in total. The second kappa shape index (κ2) is 9.28. The van der Waals surface area contributed by atoms with Crippen molar-refractivity contribution in [1.29, 1.82) is 0 Å². The Morgan fingerprint density at radius 3 is 2.92 bits per heavy atom. The Kier molecular flexibility index (Phi) is 6.14. The molecule has 2 atom stereocenters. The van der Waals surface area contributed by atoms with E-state index in [1.807, 2.05) is 46.6 Å². The summed E-state index contributed by atoms with van der Waals surface area (Å²) in [6.07, 6.45) is 5.66. The zero-order valence-electron chi connectivity index (χ0n) is 19.2. The fourth-order valence-electron chi connectivity index (χ4n) is 4.22. The molecule has 36 heavy (non-hydrogen) atoms. The average molecular weight is 528 g/mol. The Labute approximate surface area is 213 Å². The van der Waals surface area contributed by atoms with Crippen LogP contribution in [0.5, 0.6) is 0 Å². The number of thiazole rings is 1. The van der Waals surface area contributed by atoms with Crippen molar-refractivity contribution in [3.8, 4) is 0 Å². The van der Waals surface area contributed by atoms with Gasteiger partial charge in [-0.15, -0.1) is 23.1 Å². The average Bonchev–Trinajstić information content (AvgIpc) is 3.46. The molecule has 0 aromatic carbocycles. The molecule has 0 aliphatic carbocycles. The number of carboxylic acid groups (broad SMARTS) is 1. The minimum absolute atomic E-state index is 0.138. The van der Waals surface area contributed by atoms with Gasteiger partial charge in [0.1, 0.15) is 43.2 Å². The quantitative estimate of drug-likeness (QED) is 0.172. The smallest absolute Gasteiger partial charge is 0.286 e. The Morgan fingerprint density at radius 1 is 1.42 bits per heavy atom. The third-order valence-corrected chi connectivity index (χ3v) is 7.88. The van der Waals surface area contributed by atoms with Crippen molar-refractivity contribution >= 4 is 57.4 Å². The van der Waals surface area contributed by atoms with Gasteiger partial charge in [0.15, 0.2) is 10.8 Å². The highest BCUT2D eigenvalue weighted by Gasteiger charge is 2.53. The van der Waals surface area contributed by atoms with E-state index in [-0.39, 0.29) is 28.8 Å². The van der Waals surface area contributed by atoms with Gasteiger partial charge in [0.25, 0.3) is 17.5 Å². The van der Waals surface area contributed by atoms with Crippen molar-refractivity contribution < 1.29 is 28.9 Å². The molecule has 2 aliphatic rings. The fourth-order valence-corrected chi connectivity index (χ4v) is 6.10. The van der Waals surface area contributed by atoms with E-state index >= 15 is 0 Å². The predicted octanol–water partition coefficient (Wildman–Crippen LogP) is -0.971. The highest BCUT2D eigenvalue weighted by atomic mass is 32.2. The van der Waals surface area contributed by atoms with E-state index in [2.05, 4.69) is 15.5 Å². The zero-order valence-corrected chi connectivity index (χ0v) is 20.8. The number of pyridine rings is 1. The molecule has 3 aromatic heterocycles. The third kappa shape index (κ3) is 4.07. The van der Waals surface area contributed by atoms with Gasteiger partial charge in [0, 0.05) is 22.8 Å². The molecule has 5 rings (SSSR count). The second-order valence-electron chi connectivity index (χ2n) is 8.19. The number of carboxylic acids is 1. The molecule has 2 aliphatic heterocycles. The van der Waals surface area contributed by atoms with Crippen LogP contribution in [0, 0.1) is 6.92 Å². The van der Waals surface area contributed by atoms with Crippen LogP contribution in [0.3, 0.4) is 0 Å². The number of nitrogens with zero attached hydrogens (tertiary/aromatic N) is 5. The molecule has 1 saturated heterocycles. The standard InChI is InChI=1S/C22H21N7O5S2/c1-11-3-4-27-5-6-28(14(27)7-11)8-12-9-35-20-16(19(31)29(20)17(12)21(32)33)25-18(30)15(26-34-2)13-10-36-22(23)24-13/h3-7,10,16,20H,8-9H2,1-2H3,(H3-,23,24,25,30,32,33)/b26-15-/t16-,20+/m1/s1. The Bertz CT molecular complexity index is 1460. The first-order valence-electron chi connectivity index (χ1n) is 10.8. The zero-order chi connectivity index (χ0) is 25.6. The minimum atomic E-state index is -1.44. The Morgan fingerprint density at radius 2 is 2.22 bits per heavy atom. The summed E-state index contributed by atoms with van der Waals surface area (Å²) in [4.78, 5) is 48.0. The number of aliphatic carboxylic acids is 1. The number of carbonyl (C=O) groups excluding carboxylic acids is 3. The van der Waals surface area contributed by atoms with Gasteiger partial charge in [-0.2, -0.15) is 0 Å². The van der Waals surface area contributed by atoms with Crippen LogP contribution in [0.1, 0.15) is 11.3 Å². The molecule has 0 saturated carbocycles. The lowest BCUT2D eigenvalue weighted by atomic mass is 10.0. The van der Waals surface area contributed by atoms with Crippen LogP contribution in [0.15, 0.2) is 52.5 Å². The summed E-state index contributed by atoms with van der Waals surface area (Å²) >= 11 is 2.50. The van der Waals surface area contributed by atoms with E-state index < -0.39 is 29.2 Å². The summed E-state index contributed by atoms with van der Waals surface area (Å²) in [6, 6.07) is 3.03. The van der Waals surface area contributed by atoms with Crippen LogP contribution < -0.4 is 20.7 Å². The number of anilines is 1. The van der Waals surface area contributed by atoms with Crippen molar-refractivity contribution in [2.45, 2.75) is 24.9 Å². The molecule has 1 fully saturated rings. The van der Waals surface area contributed by atoms with Crippen molar-refractivity contribution in [2.75, 3.05) is 18.6 Å². The van der Waals surface area contributed by atoms with Gasteiger partial charge < -0.3 is 25.8 Å². The Balaban J connectivity index is 1.38. The van der Waals surface area contributed by atoms with Gasteiger partial charge in [0.2, 0.25) is 0 Å². The summed E-state index contributed by atoms with van der Waals surface area (Å²) in [5.74, 6) is -2.32. The molecule has 186 valence electrons. The molecule has 12 nitrogen and oxygen atoms in total. The highest BCUT2D eigenvalue weighted by molar-refractivity contribution is 8.00. The first-order chi connectivity index (χ1) is 17.3. The van der Waals surface area contributed by atoms with Gasteiger partial charge in [-0.3, -0.25) is 14.5 Å². The molecule has 0 unspecified atom stereocenters. The lowest BCUT2D eigenvalue weighted by Crippen LogP contribution is -2.71. The van der Waals surface area contributed by atoms with Crippen LogP contribution in [-0.2, 0) is 25.8 Å². The molecule has 0 radical (unpaired) electrons. The number of β-lactam (4-membered cyclic amide) rings is 1. The number of amides is 2. The number of thioether (sulfide) groups is 1. The topological polar surface area (TPSA) is 158 Å². The molecule has 3 aromatic rings. The van der Waals surface area contributed by atoms with Gasteiger partial charge in [-0.25, -0.2) is 14.0 Å². The monoisotopic (exact) mass is 527 g/mol. The maximum Gasteiger partial charge on any atom is 0.286 e. The van der Waals surface area contributed by atoms with Crippen molar-refractivity contribution in [1.82, 2.24) is 19.6 Å². The largest absolute Gasteiger partial charge is 0.543 e. The predicted molar refractivity (Wildman–Crippen MR) is 129 cm³/mol. The SMILES string of the molecule is CO/N=C(\C(=O)N[C@@H]1C(=O)N2C(C(=O)[O-])=C(C[n+]3ccn4ccc(C)cc43)CS[C@@H]12)c1csc(N)n1. The van der Waals surface area contributed by atoms with Crippen LogP contribution in [0.2, 0.25) is 0 Å². The number of hydrogen-bond donors (Lipinski definition) is 2. The number of aryl methyl sites for hydroxylation is 1. The summed E-state index contributed by atoms with van der Waals surface area (Å²) in [5, 5.41) is 19.7. The highest BCUT2D eigenvalue weighted by Crippen LogP contribution is 2.40. The number of aromatic nitrogens is 3. The molecule has 14 heteroatoms. The molecule has 0 bridgehead atoms. The van der Waals surface area contributed by atoms with Crippen LogP contribution in [0.25, 0.3) is 5.65 Å². The number of nitrogen functional groups attached to an aromatic ring is 1. The van der Waals surface area contributed by atoms with E-state index in [1.54, 1.807) is 5.38 Å². The molecular weight excluding hydrogens is 506 g/mol. The molecule has 0 spiro atoms. The van der Waals surface area contributed by atoms with Gasteiger partial charge >= 0.3 is 0 Å². The summed E-state index contributed by atoms with van der Waals surface area (Å²) < 4.78 is 3.85. The number of carbonyl (C=O) groups is 3. The van der Waals surface area contributed by atoms with Crippen LogP contribution >= 0.6 is 23.1 Å². The molecule has 2 amide bonds. The molecular formula is C22H21N7O5S2. The number of hydrogen-bond acceptors (Lipinski definition) is 10. The van der Waals surface area contributed by atoms with E-state index in [0.29, 0.717) is 11.3 Å². The van der Waals surface area contributed by atoms with Crippen LogP contribution in [-0.4, -0.2) is 62.1 Å². The maximum atomic E-state index is 13.0. The maximum absolute atomic E-state index is 13.0. The lowest BCUT2D eigenvalue weighted by molar-refractivity contribution is -0.662. The summed E-state index contributed by atoms with van der Waals surface area (Å²) in [5.41, 5.74) is 8.06. The van der Waals surface area contributed by atoms with Crippen molar-refractivity contribution in [2.24, 2.45) is 5.16 Å². The first-order valence-corrected chi connectivity index (χ1v) is 12.7. The number of nitrogens with two attached hydrogens (primary N) is 1. The third-order valence-electron chi connectivity index (χ3n) is 5.87. The van der Waals surface area contributed by atoms with Gasteiger partial charge in [0.05, 0.1) is 17.9 Å². The molecule has 5 heterocycles. The number of nitrogens with one attached hydrogen (secondary N) is 1. The van der Waals surface area contributed by atoms with Crippen molar-refractivity contribution in [3.05, 3.63) is 58.6 Å². The van der Waals surface area contributed by atoms with Gasteiger partial charge in [-0.05, 0) is 18.6 Å². The fraction of sp³-hybridized carbons (Fsp3) is 0.273. The minimum Gasteiger partial charge on any atom is -0.543 e. The van der Waals surface area contributed by atoms with E-state index in [0.717, 1.165) is 22.5 Å². The van der Waals surface area contributed by atoms with E-state index in [1.165, 1.54) is 23.8 Å². The number of imidazole rings is 1. The van der Waals surface area contributed by atoms with E-state index in [9.17, 15) is 19.5 Å². The number of oxime groups is 1. The van der Waals surface area contributed by atoms with Crippen molar-refractivity contribution in [3.63, 3.8) is 0 Å². The Hall–Kier alpha value is -3.91. The number of fused-ring (bicyclic) bond motifs is 2. The van der Waals surface area contributed by atoms with Crippen LogP contribution in [0.4, 0.5) is 5.13 Å². The summed E-state index contributed by atoms with van der Waals surface area (Å²) in [7, 11) is 1.28. The lowest BCUT2D eigenvalue weighted by Gasteiger charge is -2.50. The van der Waals surface area contributed by atoms with E-state index in [4.69, 9.17) is 10.6 Å². The summed E-state index contributed by atoms with van der Waals surface area (Å²) in [6.45, 7) is 2.25. The number of rotatable bonds is 7.